The van der Waals surface area contributed by atoms with Crippen molar-refractivity contribution in [1.82, 2.24) is 0 Å². The highest BCUT2D eigenvalue weighted by Crippen LogP contribution is 2.18. The number of hydrogen-bond acceptors (Lipinski definition) is 3. The van der Waals surface area contributed by atoms with Crippen molar-refractivity contribution < 1.29 is 18.1 Å². The van der Waals surface area contributed by atoms with Gasteiger partial charge in [-0.1, -0.05) is 65.7 Å². The molecule has 0 radical (unpaired) electrons. The van der Waals surface area contributed by atoms with Gasteiger partial charge in [0.15, 0.2) is 0 Å². The number of rotatable bonds is 10. The Balaban J connectivity index is 0. The van der Waals surface area contributed by atoms with Gasteiger partial charge >= 0.3 is 0 Å². The van der Waals surface area contributed by atoms with E-state index in [1.54, 1.807) is 0 Å². The molecule has 0 bridgehead atoms. The van der Waals surface area contributed by atoms with Gasteiger partial charge in [0.05, 0.1) is 6.26 Å². The lowest BCUT2D eigenvalue weighted by atomic mass is 9.95. The molecule has 0 aromatic heterocycles. The third-order valence-electron chi connectivity index (χ3n) is 3.26. The van der Waals surface area contributed by atoms with E-state index in [-0.39, 0.29) is 0 Å². The predicted molar refractivity (Wildman–Crippen MR) is 85.5 cm³/mol. The van der Waals surface area contributed by atoms with E-state index in [9.17, 15) is 8.42 Å². The van der Waals surface area contributed by atoms with Crippen LogP contribution >= 0.6 is 0 Å². The zero-order valence-corrected chi connectivity index (χ0v) is 14.5. The molecule has 0 fully saturated rings. The fraction of sp³-hybridized carbons (Fsp3) is 1.00. The molecular weight excluding hydrogens is 276 g/mol. The summed E-state index contributed by atoms with van der Waals surface area (Å²) in [5, 5.41) is 8.90. The second-order valence-corrected chi connectivity index (χ2v) is 7.37. The zero-order valence-electron chi connectivity index (χ0n) is 13.6. The van der Waals surface area contributed by atoms with Gasteiger partial charge in [0, 0.05) is 6.61 Å². The molecule has 0 aliphatic rings. The van der Waals surface area contributed by atoms with Crippen LogP contribution in [0.2, 0.25) is 0 Å². The molecule has 0 unspecified atom stereocenters. The third-order valence-corrected chi connectivity index (χ3v) is 3.26. The summed E-state index contributed by atoms with van der Waals surface area (Å²) >= 11 is 0. The monoisotopic (exact) mass is 310 g/mol. The van der Waals surface area contributed by atoms with Crippen LogP contribution in [0.3, 0.4) is 0 Å². The molecular formula is C15H34O4S. The Morgan fingerprint density at radius 3 is 1.80 bits per heavy atom. The summed E-state index contributed by atoms with van der Waals surface area (Å²) in [6, 6.07) is 0. The molecule has 0 saturated heterocycles. The summed E-state index contributed by atoms with van der Waals surface area (Å²) < 4.78 is 25.9. The lowest BCUT2D eigenvalue weighted by molar-refractivity contribution is 0.225. The van der Waals surface area contributed by atoms with Crippen molar-refractivity contribution >= 4 is 10.1 Å². The quantitative estimate of drug-likeness (QED) is 0.474. The SMILES string of the molecule is CCCCCC[C@H](C)CCC[C@@H](C)CO.CS(=O)(=O)O. The van der Waals surface area contributed by atoms with Gasteiger partial charge in [-0.05, 0) is 18.3 Å². The molecule has 2 N–H and O–H groups in total. The van der Waals surface area contributed by atoms with Gasteiger partial charge in [-0.25, -0.2) is 0 Å². The average molecular weight is 310 g/mol. The largest absolute Gasteiger partial charge is 0.396 e. The Hall–Kier alpha value is -0.130. The number of unbranched alkanes of at least 4 members (excludes halogenated alkanes) is 3. The van der Waals surface area contributed by atoms with Gasteiger partial charge < -0.3 is 5.11 Å². The molecule has 0 aromatic carbocycles. The Kier molecular flexibility index (Phi) is 15.3. The lowest BCUT2D eigenvalue weighted by Gasteiger charge is -2.12. The van der Waals surface area contributed by atoms with Gasteiger partial charge in [-0.2, -0.15) is 8.42 Å². The fourth-order valence-corrected chi connectivity index (χ4v) is 1.97. The maximum absolute atomic E-state index is 9.19. The van der Waals surface area contributed by atoms with E-state index >= 15 is 0 Å². The minimum absolute atomic E-state index is 0.352. The summed E-state index contributed by atoms with van der Waals surface area (Å²) in [5.74, 6) is 1.38. The van der Waals surface area contributed by atoms with Gasteiger partial charge in [0.1, 0.15) is 0 Å². The molecule has 2 atom stereocenters. The molecule has 0 saturated carbocycles. The number of hydrogen-bond donors (Lipinski definition) is 2. The van der Waals surface area contributed by atoms with Crippen LogP contribution in [0, 0.1) is 11.8 Å². The van der Waals surface area contributed by atoms with Gasteiger partial charge in [0.25, 0.3) is 10.1 Å². The van der Waals surface area contributed by atoms with Crippen LogP contribution in [0.15, 0.2) is 0 Å². The van der Waals surface area contributed by atoms with E-state index in [1.807, 2.05) is 0 Å². The first-order valence-corrected chi connectivity index (χ1v) is 9.58. The molecule has 0 heterocycles. The van der Waals surface area contributed by atoms with Crippen LogP contribution in [0.5, 0.6) is 0 Å². The van der Waals surface area contributed by atoms with Crippen molar-refractivity contribution in [2.75, 3.05) is 12.9 Å². The van der Waals surface area contributed by atoms with E-state index in [4.69, 9.17) is 9.66 Å². The summed E-state index contributed by atoms with van der Waals surface area (Å²) in [4.78, 5) is 0. The van der Waals surface area contributed by atoms with Crippen molar-refractivity contribution in [2.24, 2.45) is 11.8 Å². The summed E-state index contributed by atoms with van der Waals surface area (Å²) in [6.45, 7) is 7.12. The first-order chi connectivity index (χ1) is 9.20. The average Bonchev–Trinajstić information content (AvgIpc) is 2.32. The van der Waals surface area contributed by atoms with Gasteiger partial charge in [-0.15, -0.1) is 0 Å². The number of aliphatic hydroxyl groups is 1. The molecule has 0 aromatic rings. The molecule has 20 heavy (non-hydrogen) atoms. The maximum atomic E-state index is 9.19. The minimum Gasteiger partial charge on any atom is -0.396 e. The highest BCUT2D eigenvalue weighted by molar-refractivity contribution is 7.85. The van der Waals surface area contributed by atoms with Crippen molar-refractivity contribution in [2.45, 2.75) is 72.1 Å². The van der Waals surface area contributed by atoms with E-state index < -0.39 is 10.1 Å². The molecule has 0 spiro atoms. The summed E-state index contributed by atoms with van der Waals surface area (Å²) in [7, 11) is -3.67. The molecule has 0 aliphatic heterocycles. The summed E-state index contributed by atoms with van der Waals surface area (Å²) in [5.41, 5.74) is 0. The Labute approximate surface area is 125 Å². The molecule has 0 rings (SSSR count). The maximum Gasteiger partial charge on any atom is 0.261 e. The zero-order chi connectivity index (χ0) is 16.0. The minimum atomic E-state index is -3.67. The van der Waals surface area contributed by atoms with Crippen LogP contribution in [0.1, 0.15) is 72.1 Å². The Bertz CT molecular complexity index is 280. The molecule has 0 aliphatic carbocycles. The lowest BCUT2D eigenvalue weighted by Crippen LogP contribution is -2.02. The van der Waals surface area contributed by atoms with Crippen molar-refractivity contribution in [1.29, 1.82) is 0 Å². The van der Waals surface area contributed by atoms with Crippen LogP contribution in [0.25, 0.3) is 0 Å². The third kappa shape index (κ3) is 26.4. The van der Waals surface area contributed by atoms with E-state index in [0.29, 0.717) is 18.8 Å². The first-order valence-electron chi connectivity index (χ1n) is 7.74. The van der Waals surface area contributed by atoms with Crippen molar-refractivity contribution in [3.63, 3.8) is 0 Å². The smallest absolute Gasteiger partial charge is 0.261 e. The fourth-order valence-electron chi connectivity index (χ4n) is 1.97. The molecule has 124 valence electrons. The van der Waals surface area contributed by atoms with Gasteiger partial charge in [-0.3, -0.25) is 4.55 Å². The Morgan fingerprint density at radius 2 is 1.35 bits per heavy atom. The predicted octanol–water partition coefficient (Wildman–Crippen LogP) is 3.90. The van der Waals surface area contributed by atoms with E-state index in [2.05, 4.69) is 20.8 Å². The molecule has 0 amide bonds. The van der Waals surface area contributed by atoms with Crippen LogP contribution in [-0.2, 0) is 10.1 Å². The second-order valence-electron chi connectivity index (χ2n) is 5.91. The standard InChI is InChI=1S/C14H30O.CH4O3S/c1-4-5-6-7-9-13(2)10-8-11-14(3)12-15;1-5(2,3)4/h13-15H,4-12H2,1-3H3;1H3,(H,2,3,4)/t13-,14+;/m0./s1. The van der Waals surface area contributed by atoms with E-state index in [1.165, 1.54) is 51.4 Å². The molecule has 5 heteroatoms. The molecule has 4 nitrogen and oxygen atoms in total. The number of aliphatic hydroxyl groups excluding tert-OH is 1. The van der Waals surface area contributed by atoms with Crippen LogP contribution < -0.4 is 0 Å². The van der Waals surface area contributed by atoms with Crippen molar-refractivity contribution in [3.05, 3.63) is 0 Å². The first kappa shape index (κ1) is 22.2. The highest BCUT2D eigenvalue weighted by atomic mass is 32.2. The summed E-state index contributed by atoms with van der Waals surface area (Å²) in [6.07, 6.45) is 11.5. The van der Waals surface area contributed by atoms with Crippen LogP contribution in [-0.4, -0.2) is 30.9 Å². The highest BCUT2D eigenvalue weighted by Gasteiger charge is 2.04. The normalized spacial score (nSPS) is 14.3. The second kappa shape index (κ2) is 13.8. The Morgan fingerprint density at radius 1 is 0.900 bits per heavy atom. The van der Waals surface area contributed by atoms with E-state index in [0.717, 1.165) is 5.92 Å². The van der Waals surface area contributed by atoms with Gasteiger partial charge in [0.2, 0.25) is 0 Å². The van der Waals surface area contributed by atoms with Crippen LogP contribution in [0.4, 0.5) is 0 Å². The van der Waals surface area contributed by atoms with Crippen molar-refractivity contribution in [3.8, 4) is 0 Å². The topological polar surface area (TPSA) is 74.6 Å².